The van der Waals surface area contributed by atoms with Gasteiger partial charge in [0.2, 0.25) is 0 Å². The molecular weight excluding hydrogens is 270 g/mol. The highest BCUT2D eigenvalue weighted by Gasteiger charge is 2.05. The zero-order valence-corrected chi connectivity index (χ0v) is 12.4. The summed E-state index contributed by atoms with van der Waals surface area (Å²) in [6.07, 6.45) is 0. The molecule has 2 aromatic rings. The maximum atomic E-state index is 5.40. The fourth-order valence-electron chi connectivity index (χ4n) is 1.89. The minimum Gasteiger partial charge on any atom is -0.497 e. The predicted octanol–water partition coefficient (Wildman–Crippen LogP) is 3.17. The number of benzene rings is 2. The fourth-order valence-corrected chi connectivity index (χ4v) is 2.09. The molecule has 0 amide bonds. The van der Waals surface area contributed by atoms with Gasteiger partial charge >= 0.3 is 0 Å². The van der Waals surface area contributed by atoms with Gasteiger partial charge in [0.25, 0.3) is 0 Å². The SMILES string of the molecule is COc1cccc(C(=S)NCc2ccccc2OC)c1. The van der Waals surface area contributed by atoms with E-state index < -0.39 is 0 Å². The third-order valence-electron chi connectivity index (χ3n) is 2.96. The molecule has 104 valence electrons. The second-order valence-corrected chi connectivity index (χ2v) is 4.63. The second kappa shape index (κ2) is 6.91. The van der Waals surface area contributed by atoms with Crippen molar-refractivity contribution in [2.24, 2.45) is 0 Å². The Labute approximate surface area is 124 Å². The summed E-state index contributed by atoms with van der Waals surface area (Å²) in [7, 11) is 3.31. The molecule has 0 fully saturated rings. The highest BCUT2D eigenvalue weighted by molar-refractivity contribution is 7.80. The molecule has 0 bridgehead atoms. The molecule has 1 N–H and O–H groups in total. The Balaban J connectivity index is 2.04. The minimum absolute atomic E-state index is 0.625. The zero-order chi connectivity index (χ0) is 14.4. The standard InChI is InChI=1S/C16H17NO2S/c1-18-14-8-5-7-12(10-14)16(20)17-11-13-6-3-4-9-15(13)19-2/h3-10H,11H2,1-2H3,(H,17,20). The van der Waals surface area contributed by atoms with E-state index in [1.54, 1.807) is 14.2 Å². The molecule has 0 radical (unpaired) electrons. The number of nitrogens with one attached hydrogen (secondary N) is 1. The number of para-hydroxylation sites is 1. The predicted molar refractivity (Wildman–Crippen MR) is 84.5 cm³/mol. The number of hydrogen-bond donors (Lipinski definition) is 1. The van der Waals surface area contributed by atoms with Crippen molar-refractivity contribution in [2.75, 3.05) is 14.2 Å². The highest BCUT2D eigenvalue weighted by atomic mass is 32.1. The van der Waals surface area contributed by atoms with E-state index in [1.807, 2.05) is 48.5 Å². The van der Waals surface area contributed by atoms with Crippen LogP contribution in [0.4, 0.5) is 0 Å². The summed E-state index contributed by atoms with van der Waals surface area (Å²) in [6.45, 7) is 0.625. The molecule has 2 rings (SSSR count). The third kappa shape index (κ3) is 3.48. The summed E-state index contributed by atoms with van der Waals surface area (Å²) >= 11 is 5.40. The van der Waals surface area contributed by atoms with Gasteiger partial charge in [-0.3, -0.25) is 0 Å². The van der Waals surface area contributed by atoms with Crippen LogP contribution < -0.4 is 14.8 Å². The lowest BCUT2D eigenvalue weighted by Gasteiger charge is -2.11. The zero-order valence-electron chi connectivity index (χ0n) is 11.6. The molecular formula is C16H17NO2S. The number of ether oxygens (including phenoxy) is 2. The van der Waals surface area contributed by atoms with E-state index in [-0.39, 0.29) is 0 Å². The average molecular weight is 287 g/mol. The second-order valence-electron chi connectivity index (χ2n) is 4.23. The van der Waals surface area contributed by atoms with E-state index in [0.29, 0.717) is 11.5 Å². The van der Waals surface area contributed by atoms with Crippen molar-refractivity contribution in [2.45, 2.75) is 6.54 Å². The van der Waals surface area contributed by atoms with Crippen molar-refractivity contribution >= 4 is 17.2 Å². The Hall–Kier alpha value is -2.07. The van der Waals surface area contributed by atoms with Gasteiger partial charge in [-0.1, -0.05) is 42.5 Å². The van der Waals surface area contributed by atoms with Crippen LogP contribution in [0.1, 0.15) is 11.1 Å². The van der Waals surface area contributed by atoms with Crippen LogP contribution in [0.3, 0.4) is 0 Å². The highest BCUT2D eigenvalue weighted by Crippen LogP contribution is 2.17. The van der Waals surface area contributed by atoms with Crippen LogP contribution in [-0.2, 0) is 6.54 Å². The van der Waals surface area contributed by atoms with Crippen molar-refractivity contribution in [3.05, 3.63) is 59.7 Å². The average Bonchev–Trinajstić information content (AvgIpc) is 2.52. The first-order valence-electron chi connectivity index (χ1n) is 6.28. The smallest absolute Gasteiger partial charge is 0.123 e. The van der Waals surface area contributed by atoms with Crippen LogP contribution in [-0.4, -0.2) is 19.2 Å². The van der Waals surface area contributed by atoms with Crippen LogP contribution in [0.5, 0.6) is 11.5 Å². The minimum atomic E-state index is 0.625. The van der Waals surface area contributed by atoms with Gasteiger partial charge in [-0.05, 0) is 18.2 Å². The van der Waals surface area contributed by atoms with E-state index in [9.17, 15) is 0 Å². The number of rotatable bonds is 5. The molecule has 3 nitrogen and oxygen atoms in total. The Bertz CT molecular complexity index is 599. The Kier molecular flexibility index (Phi) is 4.96. The van der Waals surface area contributed by atoms with Crippen molar-refractivity contribution in [3.8, 4) is 11.5 Å². The van der Waals surface area contributed by atoms with Gasteiger partial charge in [-0.25, -0.2) is 0 Å². The molecule has 4 heteroatoms. The normalized spacial score (nSPS) is 9.90. The quantitative estimate of drug-likeness (QED) is 0.856. The molecule has 0 saturated carbocycles. The number of methoxy groups -OCH3 is 2. The lowest BCUT2D eigenvalue weighted by molar-refractivity contribution is 0.409. The van der Waals surface area contributed by atoms with E-state index in [2.05, 4.69) is 5.32 Å². The first kappa shape index (κ1) is 14.3. The number of thiocarbonyl (C=S) groups is 1. The maximum Gasteiger partial charge on any atom is 0.123 e. The van der Waals surface area contributed by atoms with Crippen LogP contribution in [0.25, 0.3) is 0 Å². The first-order valence-corrected chi connectivity index (χ1v) is 6.69. The molecule has 0 atom stereocenters. The van der Waals surface area contributed by atoms with Crippen LogP contribution in [0.2, 0.25) is 0 Å². The Morgan fingerprint density at radius 2 is 1.85 bits per heavy atom. The Morgan fingerprint density at radius 1 is 1.05 bits per heavy atom. The fraction of sp³-hybridized carbons (Fsp3) is 0.188. The van der Waals surface area contributed by atoms with E-state index >= 15 is 0 Å². The molecule has 0 saturated heterocycles. The molecule has 2 aromatic carbocycles. The molecule has 0 heterocycles. The van der Waals surface area contributed by atoms with Gasteiger partial charge in [0.15, 0.2) is 0 Å². The summed E-state index contributed by atoms with van der Waals surface area (Å²) in [5.41, 5.74) is 2.01. The van der Waals surface area contributed by atoms with E-state index in [0.717, 1.165) is 22.6 Å². The molecule has 0 aliphatic heterocycles. The van der Waals surface area contributed by atoms with Crippen molar-refractivity contribution < 1.29 is 9.47 Å². The number of hydrogen-bond acceptors (Lipinski definition) is 3. The molecule has 0 unspecified atom stereocenters. The van der Waals surface area contributed by atoms with Gasteiger partial charge in [0.05, 0.1) is 14.2 Å². The van der Waals surface area contributed by atoms with Gasteiger partial charge < -0.3 is 14.8 Å². The first-order chi connectivity index (χ1) is 9.74. The summed E-state index contributed by atoms with van der Waals surface area (Å²) in [6, 6.07) is 15.6. The van der Waals surface area contributed by atoms with Crippen LogP contribution in [0.15, 0.2) is 48.5 Å². The maximum absolute atomic E-state index is 5.40. The van der Waals surface area contributed by atoms with Gasteiger partial charge in [0.1, 0.15) is 16.5 Å². The molecule has 0 aliphatic carbocycles. The van der Waals surface area contributed by atoms with E-state index in [4.69, 9.17) is 21.7 Å². The molecule has 0 aliphatic rings. The van der Waals surface area contributed by atoms with Gasteiger partial charge in [-0.2, -0.15) is 0 Å². The van der Waals surface area contributed by atoms with Crippen molar-refractivity contribution in [1.82, 2.24) is 5.32 Å². The topological polar surface area (TPSA) is 30.5 Å². The van der Waals surface area contributed by atoms with Crippen molar-refractivity contribution in [3.63, 3.8) is 0 Å². The molecule has 0 aromatic heterocycles. The van der Waals surface area contributed by atoms with Crippen LogP contribution >= 0.6 is 12.2 Å². The van der Waals surface area contributed by atoms with Crippen LogP contribution in [0, 0.1) is 0 Å². The molecule has 20 heavy (non-hydrogen) atoms. The monoisotopic (exact) mass is 287 g/mol. The summed E-state index contributed by atoms with van der Waals surface area (Å²) in [4.78, 5) is 0.690. The molecule has 0 spiro atoms. The summed E-state index contributed by atoms with van der Waals surface area (Å²) < 4.78 is 10.5. The van der Waals surface area contributed by atoms with Crippen molar-refractivity contribution in [1.29, 1.82) is 0 Å². The summed E-state index contributed by atoms with van der Waals surface area (Å²) in [5.74, 6) is 1.65. The Morgan fingerprint density at radius 3 is 2.60 bits per heavy atom. The van der Waals surface area contributed by atoms with Gasteiger partial charge in [-0.15, -0.1) is 0 Å². The lowest BCUT2D eigenvalue weighted by atomic mass is 10.2. The summed E-state index contributed by atoms with van der Waals surface area (Å²) in [5, 5.41) is 3.24. The lowest BCUT2D eigenvalue weighted by Crippen LogP contribution is -2.22. The van der Waals surface area contributed by atoms with E-state index in [1.165, 1.54) is 0 Å². The largest absolute Gasteiger partial charge is 0.497 e. The third-order valence-corrected chi connectivity index (χ3v) is 3.34. The van der Waals surface area contributed by atoms with Gasteiger partial charge in [0, 0.05) is 17.7 Å².